The van der Waals surface area contributed by atoms with Gasteiger partial charge in [0.25, 0.3) is 0 Å². The number of hydrogen-bond donors (Lipinski definition) is 0. The van der Waals surface area contributed by atoms with Gasteiger partial charge in [-0.1, -0.05) is 42.5 Å². The van der Waals surface area contributed by atoms with E-state index in [0.717, 1.165) is 81.6 Å². The first-order valence-corrected chi connectivity index (χ1v) is 23.8. The Morgan fingerprint density at radius 2 is 1.07 bits per heavy atom. The van der Waals surface area contributed by atoms with E-state index in [-0.39, 0.29) is 11.3 Å². The molecule has 7 heteroatoms. The van der Waals surface area contributed by atoms with E-state index in [4.69, 9.17) is 13.8 Å². The molecule has 0 aliphatic rings. The molecule has 324 valence electrons. The smallest absolute Gasteiger partial charge is 0.0620 e. The number of ether oxygens (including phenoxy) is 1. The first-order chi connectivity index (χ1) is 34.8. The number of rotatable bonds is 7. The van der Waals surface area contributed by atoms with Gasteiger partial charge in [0.2, 0.25) is 0 Å². The van der Waals surface area contributed by atoms with Gasteiger partial charge in [0.1, 0.15) is 0 Å². The van der Waals surface area contributed by atoms with Crippen LogP contribution in [-0.2, 0) is 19.4 Å². The molecule has 0 N–H and O–H groups in total. The average Bonchev–Trinajstić information content (AvgIpc) is 4.11. The Kier molecular flexibility index (Phi) is 7.97. The van der Waals surface area contributed by atoms with Crippen molar-refractivity contribution in [2.24, 2.45) is 0 Å². The molecule has 0 aliphatic carbocycles. The van der Waals surface area contributed by atoms with Crippen LogP contribution in [0.3, 0.4) is 0 Å². The van der Waals surface area contributed by atoms with Gasteiger partial charge in [0.05, 0.1) is 16.6 Å². The van der Waals surface area contributed by atoms with Gasteiger partial charge in [0.15, 0.2) is 0 Å². The number of nitrogens with zero attached hydrogens (tertiary/aromatic N) is 5. The Bertz CT molecular complexity index is 4440. The molecule has 0 spiro atoms. The topological polar surface area (TPSA) is 41.3 Å². The minimum atomic E-state index is -2.46. The van der Waals surface area contributed by atoms with Gasteiger partial charge in [-0.05, 0) is 12.1 Å². The van der Waals surface area contributed by atoms with Gasteiger partial charge in [-0.2, -0.15) is 0 Å². The van der Waals surface area contributed by atoms with Crippen molar-refractivity contribution in [3.8, 4) is 50.9 Å². The van der Waals surface area contributed by atoms with Gasteiger partial charge in [-0.15, -0.1) is 0 Å². The molecule has 14 aromatic rings. The number of pyridine rings is 1. The van der Waals surface area contributed by atoms with E-state index in [2.05, 4.69) is 183 Å². The van der Waals surface area contributed by atoms with E-state index in [1.165, 1.54) is 32.6 Å². The standard InChI is InChI=1S/C61H39N5O.Pt/c1-39-29-30-42(63-38-64(54-27-11-10-26-53(54)63)60-44(40-16-4-2-5-17-40)21-14-22-45(60)41-18-6-3-7-19-41)34-58(39)67-43-31-32-47-50-36-51-49-24-15-23-48-46-20-8-9-25-52(46)66(61(48)49)57(51)37-56(50)65(55(47)35-43)59-28-12-13-33-62-59;/h2-37H,1H3;/i1D3;. The van der Waals surface area contributed by atoms with Crippen molar-refractivity contribution in [2.75, 3.05) is 0 Å². The second kappa shape index (κ2) is 15.1. The quantitative estimate of drug-likeness (QED) is 0.160. The Balaban J connectivity index is 0.960. The van der Waals surface area contributed by atoms with E-state index in [9.17, 15) is 0 Å². The Hall–Kier alpha value is -8.31. The van der Waals surface area contributed by atoms with Crippen molar-refractivity contribution in [3.05, 3.63) is 228 Å². The molecule has 6 nitrogen and oxygen atoms in total. The van der Waals surface area contributed by atoms with Crippen molar-refractivity contribution >= 4 is 70.9 Å². The Morgan fingerprint density at radius 3 is 1.81 bits per heavy atom. The summed E-state index contributed by atoms with van der Waals surface area (Å²) in [6, 6.07) is 73.0. The summed E-state index contributed by atoms with van der Waals surface area (Å²) in [7, 11) is 0. The van der Waals surface area contributed by atoms with E-state index in [1.807, 2.05) is 66.9 Å². The second-order valence-corrected chi connectivity index (χ2v) is 18.3. The van der Waals surface area contributed by atoms with Crippen LogP contribution in [0, 0.1) is 10.7 Å². The zero-order chi connectivity index (χ0) is 47.5. The van der Waals surface area contributed by atoms with Crippen LogP contribution in [0.25, 0.3) is 110 Å². The van der Waals surface area contributed by atoms with E-state index >= 15 is 0 Å². The van der Waals surface area contributed by atoms with Gasteiger partial charge in [0, 0.05) is 27.7 Å². The third kappa shape index (κ3) is 5.74. The predicted molar refractivity (Wildman–Crippen MR) is 275 cm³/mol. The number of para-hydroxylation sites is 5. The number of imidazole rings is 1. The van der Waals surface area contributed by atoms with Crippen molar-refractivity contribution in [1.82, 2.24) is 23.1 Å². The molecule has 0 unspecified atom stereocenters. The van der Waals surface area contributed by atoms with Crippen LogP contribution in [0.1, 0.15) is 9.68 Å². The molecule has 0 aliphatic heterocycles. The summed E-state index contributed by atoms with van der Waals surface area (Å²) in [6.07, 6.45) is 1.81. The average molecular weight is 1060 g/mol. The molecule has 0 bridgehead atoms. The summed E-state index contributed by atoms with van der Waals surface area (Å²) in [6.45, 7) is -2.46. The third-order valence-corrected chi connectivity index (χ3v) is 14.6. The number of hydrogen-bond acceptors (Lipinski definition) is 2. The number of benzene rings is 9. The molecule has 5 heterocycles. The van der Waals surface area contributed by atoms with E-state index in [0.29, 0.717) is 5.75 Å². The summed E-state index contributed by atoms with van der Waals surface area (Å²) in [4.78, 5) is 4.88. The zero-order valence-electron chi connectivity index (χ0n) is 39.2. The van der Waals surface area contributed by atoms with Crippen LogP contribution in [0.5, 0.6) is 11.5 Å². The molecule has 0 fully saturated rings. The molecule has 0 atom stereocenters. The SMILES string of the molecule is [2H]C([2H])([2H])c1ccc(-n2[c](=[Pt])n(-c3c(-c4ccccc4)cccc3-c3ccccc3)c3ccccc32)cc1Oc1ccc2c3cc4c5cccc6c7ccccc7n(c4cc3n(-c3ccccn3)c2c1)c65. The molecule has 68 heavy (non-hydrogen) atoms. The van der Waals surface area contributed by atoms with Gasteiger partial charge in [-0.3, -0.25) is 0 Å². The Morgan fingerprint density at radius 1 is 0.456 bits per heavy atom. The van der Waals surface area contributed by atoms with Crippen molar-refractivity contribution in [1.29, 1.82) is 0 Å². The summed E-state index contributed by atoms with van der Waals surface area (Å²) in [5.74, 6) is 1.51. The summed E-state index contributed by atoms with van der Waals surface area (Å²) in [5.41, 5.74) is 13.7. The number of aromatic nitrogens is 5. The van der Waals surface area contributed by atoms with Crippen LogP contribution in [-0.4, -0.2) is 23.1 Å². The first kappa shape index (κ1) is 35.9. The molecular weight excluding hydrogens is 1010 g/mol. The fraction of sp³-hybridized carbons (Fsp3) is 0.0164. The molecular formula is C61H39N5OPt. The first-order valence-electron chi connectivity index (χ1n) is 24.1. The normalized spacial score (nSPS) is 12.8. The molecule has 14 rings (SSSR count). The zero-order valence-corrected chi connectivity index (χ0v) is 38.5. The van der Waals surface area contributed by atoms with Gasteiger partial charge in [-0.25, -0.2) is 0 Å². The van der Waals surface area contributed by atoms with Crippen LogP contribution in [0.4, 0.5) is 0 Å². The fourth-order valence-corrected chi connectivity index (χ4v) is 11.7. The van der Waals surface area contributed by atoms with Gasteiger partial charge < -0.3 is 4.40 Å². The summed E-state index contributed by atoms with van der Waals surface area (Å²) in [5, 5.41) is 6.97. The van der Waals surface area contributed by atoms with Crippen LogP contribution in [0.15, 0.2) is 219 Å². The maximum atomic E-state index is 8.73. The largest absolute Gasteiger partial charge is 0.0620 e. The van der Waals surface area contributed by atoms with Crippen LogP contribution < -0.4 is 4.74 Å². The monoisotopic (exact) mass is 1060 g/mol. The third-order valence-electron chi connectivity index (χ3n) is 13.5. The fourth-order valence-electron chi connectivity index (χ4n) is 10.6. The van der Waals surface area contributed by atoms with E-state index < -0.39 is 6.85 Å². The molecule has 0 saturated carbocycles. The van der Waals surface area contributed by atoms with Crippen LogP contribution in [0.2, 0.25) is 0 Å². The predicted octanol–water partition coefficient (Wildman–Crippen LogP) is 15.6. The number of aryl methyl sites for hydroxylation is 1. The van der Waals surface area contributed by atoms with E-state index in [1.54, 1.807) is 6.07 Å². The number of fused-ring (bicyclic) bond motifs is 10. The summed E-state index contributed by atoms with van der Waals surface area (Å²) < 4.78 is 43.1. The summed E-state index contributed by atoms with van der Waals surface area (Å²) >= 11 is 2.42. The molecule has 5 aromatic heterocycles. The molecule has 0 saturated heterocycles. The Labute approximate surface area is 405 Å². The van der Waals surface area contributed by atoms with Crippen molar-refractivity contribution in [3.63, 3.8) is 0 Å². The molecule has 0 radical (unpaired) electrons. The second-order valence-electron chi connectivity index (χ2n) is 17.3. The van der Waals surface area contributed by atoms with Crippen molar-refractivity contribution in [2.45, 2.75) is 6.85 Å². The molecule has 9 aromatic carbocycles. The van der Waals surface area contributed by atoms with Crippen molar-refractivity contribution < 1.29 is 28.2 Å². The minimum Gasteiger partial charge on any atom is 0.0620 e. The minimum absolute atomic E-state index is 0.118. The van der Waals surface area contributed by atoms with Crippen LogP contribution >= 0.6 is 0 Å². The van der Waals surface area contributed by atoms with Gasteiger partial charge >= 0.3 is 305 Å². The maximum Gasteiger partial charge on any atom is 0.0620 e. The molecule has 0 amide bonds. The maximum absolute atomic E-state index is 8.73.